The molecule has 0 saturated carbocycles. The van der Waals surface area contributed by atoms with E-state index in [9.17, 15) is 29.7 Å². The Bertz CT molecular complexity index is 238. The third-order valence-electron chi connectivity index (χ3n) is 1.25. The molecule has 0 bridgehead atoms. The van der Waals surface area contributed by atoms with Crippen molar-refractivity contribution in [3.63, 3.8) is 0 Å². The average molecular weight is 471 g/mol. The van der Waals surface area contributed by atoms with Crippen LogP contribution in [0, 0.1) is 40.8 Å². The van der Waals surface area contributed by atoms with E-state index in [1.54, 1.807) is 0 Å². The van der Waals surface area contributed by atoms with Gasteiger partial charge in [0.25, 0.3) is 0 Å². The van der Waals surface area contributed by atoms with Gasteiger partial charge in [0.05, 0.1) is 5.97 Å². The SMILES string of the molecule is O=C([O-])CC(O)(CC(=O)[O-])C(=O)[O-].[Ba+2].[Nd+3]. The number of aliphatic hydroxyl groups is 1. The van der Waals surface area contributed by atoms with Crippen LogP contribution in [0.1, 0.15) is 12.8 Å². The first-order valence-corrected chi connectivity index (χ1v) is 3.11. The first-order valence-electron chi connectivity index (χ1n) is 3.11. The fraction of sp³-hybridized carbons (Fsp3) is 0.500. The molecule has 0 spiro atoms. The van der Waals surface area contributed by atoms with Gasteiger partial charge in [0, 0.05) is 24.8 Å². The molecule has 0 rings (SSSR count). The van der Waals surface area contributed by atoms with Crippen LogP contribution in [-0.4, -0.2) is 77.5 Å². The van der Waals surface area contributed by atoms with Crippen LogP contribution >= 0.6 is 0 Å². The summed E-state index contributed by atoms with van der Waals surface area (Å²) in [5, 5.41) is 38.9. The maximum atomic E-state index is 10.1. The van der Waals surface area contributed by atoms with Crippen molar-refractivity contribution in [1.29, 1.82) is 0 Å². The molecule has 0 fully saturated rings. The first kappa shape index (κ1) is 21.6. The summed E-state index contributed by atoms with van der Waals surface area (Å²) in [4.78, 5) is 30.0. The Morgan fingerprint density at radius 1 is 1.00 bits per heavy atom. The van der Waals surface area contributed by atoms with E-state index < -0.39 is 36.4 Å². The maximum absolute atomic E-state index is 10.1. The summed E-state index contributed by atoms with van der Waals surface area (Å²) < 4.78 is 0. The van der Waals surface area contributed by atoms with Gasteiger partial charge in [-0.3, -0.25) is 0 Å². The molecule has 75 valence electrons. The summed E-state index contributed by atoms with van der Waals surface area (Å²) >= 11 is 0. The number of carboxylic acid groups (broad SMARTS) is 3. The molecule has 7 nitrogen and oxygen atoms in total. The molecule has 0 aromatic heterocycles. The van der Waals surface area contributed by atoms with E-state index in [0.717, 1.165) is 0 Å². The molecule has 0 aliphatic heterocycles. The predicted molar refractivity (Wildman–Crippen MR) is 35.0 cm³/mol. The Morgan fingerprint density at radius 2 is 1.27 bits per heavy atom. The Balaban J connectivity index is -0.000000720. The number of carbonyl (C=O) groups is 3. The van der Waals surface area contributed by atoms with Crippen LogP contribution in [-0.2, 0) is 14.4 Å². The van der Waals surface area contributed by atoms with Crippen molar-refractivity contribution < 1.29 is 75.6 Å². The van der Waals surface area contributed by atoms with Gasteiger partial charge in [0.15, 0.2) is 0 Å². The van der Waals surface area contributed by atoms with Gasteiger partial charge >= 0.3 is 89.7 Å². The maximum Gasteiger partial charge on any atom is 3.00 e. The Morgan fingerprint density at radius 3 is 1.40 bits per heavy atom. The molecule has 0 aromatic carbocycles. The molecule has 9 heteroatoms. The van der Waals surface area contributed by atoms with E-state index in [4.69, 9.17) is 5.11 Å². The zero-order valence-electron chi connectivity index (χ0n) is 7.52. The second-order valence-corrected chi connectivity index (χ2v) is 2.42. The van der Waals surface area contributed by atoms with Gasteiger partial charge < -0.3 is 34.8 Å². The van der Waals surface area contributed by atoms with Crippen molar-refractivity contribution in [3.8, 4) is 0 Å². The number of carboxylic acids is 3. The molecule has 0 atom stereocenters. The fourth-order valence-electron chi connectivity index (χ4n) is 0.684. The summed E-state index contributed by atoms with van der Waals surface area (Å²) in [6.45, 7) is 0. The Labute approximate surface area is 158 Å². The van der Waals surface area contributed by atoms with Crippen LogP contribution in [0.25, 0.3) is 0 Å². The molecule has 0 aliphatic rings. The van der Waals surface area contributed by atoms with E-state index >= 15 is 0 Å². The second-order valence-electron chi connectivity index (χ2n) is 2.42. The molecule has 15 heavy (non-hydrogen) atoms. The number of rotatable bonds is 5. The van der Waals surface area contributed by atoms with Crippen LogP contribution < -0.4 is 15.3 Å². The zero-order valence-corrected chi connectivity index (χ0v) is 15.2. The van der Waals surface area contributed by atoms with Crippen molar-refractivity contribution in [2.45, 2.75) is 18.4 Å². The fourth-order valence-corrected chi connectivity index (χ4v) is 0.684. The predicted octanol–water partition coefficient (Wildman–Crippen LogP) is -5.63. The number of hydrogen-bond donors (Lipinski definition) is 1. The van der Waals surface area contributed by atoms with Gasteiger partial charge in [-0.1, -0.05) is 0 Å². The van der Waals surface area contributed by atoms with E-state index in [2.05, 4.69) is 0 Å². The minimum Gasteiger partial charge on any atom is -0.550 e. The van der Waals surface area contributed by atoms with Crippen molar-refractivity contribution in [2.24, 2.45) is 0 Å². The average Bonchev–Trinajstić information content (AvgIpc) is 1.82. The minimum atomic E-state index is -2.97. The number of hydrogen-bond acceptors (Lipinski definition) is 7. The second kappa shape index (κ2) is 9.34. The molecule has 0 aliphatic carbocycles. The van der Waals surface area contributed by atoms with Gasteiger partial charge in [-0.25, -0.2) is 0 Å². The molecule has 0 saturated heterocycles. The smallest absolute Gasteiger partial charge is 0.550 e. The van der Waals surface area contributed by atoms with Crippen LogP contribution in [0.5, 0.6) is 0 Å². The normalized spacial score (nSPS) is 9.40. The van der Waals surface area contributed by atoms with Crippen LogP contribution in [0.4, 0.5) is 0 Å². The van der Waals surface area contributed by atoms with E-state index in [1.807, 2.05) is 0 Å². The summed E-state index contributed by atoms with van der Waals surface area (Å²) in [5.41, 5.74) is -2.97. The Kier molecular flexibility index (Phi) is 13.4. The quantitative estimate of drug-likeness (QED) is 0.395. The first-order chi connectivity index (χ1) is 5.78. The monoisotopic (exact) mass is 469 g/mol. The van der Waals surface area contributed by atoms with Crippen molar-refractivity contribution >= 4 is 66.8 Å². The number of aliphatic carboxylic acids is 3. The van der Waals surface area contributed by atoms with Crippen LogP contribution in [0.3, 0.4) is 0 Å². The van der Waals surface area contributed by atoms with Crippen molar-refractivity contribution in [1.82, 2.24) is 0 Å². The third-order valence-corrected chi connectivity index (χ3v) is 1.25. The summed E-state index contributed by atoms with van der Waals surface area (Å²) in [6.07, 6.45) is -2.72. The molecule has 1 N–H and O–H groups in total. The van der Waals surface area contributed by atoms with Crippen LogP contribution in [0.15, 0.2) is 0 Å². The topological polar surface area (TPSA) is 141 Å². The van der Waals surface area contributed by atoms with E-state index in [1.165, 1.54) is 0 Å². The standard InChI is InChI=1S/C6H8O7.Ba.Nd/c7-3(8)1-6(13,5(11)12)2-4(9)10;;/h13H,1-2H2,(H,7,8)(H,9,10)(H,11,12);;/q;+2;+3/p-3. The van der Waals surface area contributed by atoms with Crippen LogP contribution in [0.2, 0.25) is 0 Å². The van der Waals surface area contributed by atoms with Gasteiger partial charge in [-0.2, -0.15) is 0 Å². The molecular formula is C6H5BaNdO7+2. The molecule has 0 heterocycles. The molecule has 0 unspecified atom stereocenters. The van der Waals surface area contributed by atoms with Crippen molar-refractivity contribution in [2.75, 3.05) is 0 Å². The summed E-state index contributed by atoms with van der Waals surface area (Å²) in [6, 6.07) is 0. The van der Waals surface area contributed by atoms with E-state index in [-0.39, 0.29) is 89.7 Å². The van der Waals surface area contributed by atoms with Gasteiger partial charge in [0.1, 0.15) is 5.60 Å². The molecular weight excluding hydrogens is 466 g/mol. The van der Waals surface area contributed by atoms with Crippen molar-refractivity contribution in [3.05, 3.63) is 0 Å². The van der Waals surface area contributed by atoms with Gasteiger partial charge in [0.2, 0.25) is 0 Å². The zero-order chi connectivity index (χ0) is 10.6. The van der Waals surface area contributed by atoms with Gasteiger partial charge in [-0.05, 0) is 0 Å². The minimum absolute atomic E-state index is 0. The number of carbonyl (C=O) groups excluding carboxylic acids is 3. The largest absolute Gasteiger partial charge is 3.00 e. The van der Waals surface area contributed by atoms with Gasteiger partial charge in [-0.15, -0.1) is 0 Å². The molecule has 0 amide bonds. The summed E-state index contributed by atoms with van der Waals surface area (Å²) in [5.74, 6) is -5.98. The molecule has 0 aromatic rings. The summed E-state index contributed by atoms with van der Waals surface area (Å²) in [7, 11) is 0. The Hall–Kier alpha value is 1.29. The van der Waals surface area contributed by atoms with E-state index in [0.29, 0.717) is 0 Å². The molecule has 1 radical (unpaired) electrons. The third kappa shape index (κ3) is 9.04.